The number of ether oxygens (including phenoxy) is 1. The van der Waals surface area contributed by atoms with E-state index in [1.54, 1.807) is 0 Å². The zero-order chi connectivity index (χ0) is 9.40. The lowest BCUT2D eigenvalue weighted by Crippen LogP contribution is -2.16. The summed E-state index contributed by atoms with van der Waals surface area (Å²) >= 11 is 0. The fourth-order valence-corrected chi connectivity index (χ4v) is 0.773. The van der Waals surface area contributed by atoms with Crippen molar-refractivity contribution in [2.45, 2.75) is 31.9 Å². The normalized spacial score (nSPS) is 11.8. The number of unbranched alkanes of at least 4 members (excludes halogenated alkanes) is 2. The van der Waals surface area contributed by atoms with Crippen LogP contribution in [0.5, 0.6) is 0 Å². The highest BCUT2D eigenvalue weighted by molar-refractivity contribution is 5.74. The largest absolute Gasteiger partial charge is 0.467 e. The Balaban J connectivity index is 3.38. The Labute approximate surface area is 71.1 Å². The van der Waals surface area contributed by atoms with Gasteiger partial charge in [0.25, 0.3) is 0 Å². The highest BCUT2D eigenvalue weighted by Crippen LogP contribution is 2.07. The summed E-state index contributed by atoms with van der Waals surface area (Å²) in [6.07, 6.45) is 0.202. The van der Waals surface area contributed by atoms with Gasteiger partial charge in [0.2, 0.25) is 0 Å². The number of hydrogen-bond acceptors (Lipinski definition) is 3. The third kappa shape index (κ3) is 4.67. The predicted molar refractivity (Wildman–Crippen MR) is 41.0 cm³/mol. The van der Waals surface area contributed by atoms with Gasteiger partial charge in [0, 0.05) is 6.42 Å². The minimum atomic E-state index is -1.53. The molecule has 68 valence electrons. The predicted octanol–water partition coefficient (Wildman–Crippen LogP) is 1.58. The van der Waals surface area contributed by atoms with Crippen LogP contribution in [0.25, 0.3) is 0 Å². The quantitative estimate of drug-likeness (QED) is 0.468. The highest BCUT2D eigenvalue weighted by atomic mass is 19.1. The molecular weight excluding hydrogens is 161 g/mol. The van der Waals surface area contributed by atoms with Crippen LogP contribution in [0.3, 0.4) is 0 Å². The molecule has 3 nitrogen and oxygen atoms in total. The highest BCUT2D eigenvalue weighted by Gasteiger charge is 2.16. The van der Waals surface area contributed by atoms with Crippen molar-refractivity contribution in [3.63, 3.8) is 0 Å². The second-order valence-electron chi connectivity index (χ2n) is 2.39. The van der Waals surface area contributed by atoms with Gasteiger partial charge < -0.3 is 4.74 Å². The SMILES string of the molecule is COC(=O)C(F)CCCCC#N. The molecule has 0 saturated heterocycles. The number of methoxy groups -OCH3 is 1. The van der Waals surface area contributed by atoms with Gasteiger partial charge in [-0.3, -0.25) is 0 Å². The lowest BCUT2D eigenvalue weighted by Gasteiger charge is -2.03. The fraction of sp³-hybridized carbons (Fsp3) is 0.750. The van der Waals surface area contributed by atoms with Gasteiger partial charge in [-0.15, -0.1) is 0 Å². The van der Waals surface area contributed by atoms with Crippen molar-refractivity contribution in [1.82, 2.24) is 0 Å². The molecule has 0 aromatic heterocycles. The van der Waals surface area contributed by atoms with Crippen LogP contribution in [0.1, 0.15) is 25.7 Å². The third-order valence-electron chi connectivity index (χ3n) is 1.45. The van der Waals surface area contributed by atoms with Crippen molar-refractivity contribution in [2.75, 3.05) is 7.11 Å². The van der Waals surface area contributed by atoms with Gasteiger partial charge in [-0.2, -0.15) is 5.26 Å². The Bertz CT molecular complexity index is 176. The van der Waals surface area contributed by atoms with Crippen LogP contribution >= 0.6 is 0 Å². The fourth-order valence-electron chi connectivity index (χ4n) is 0.773. The summed E-state index contributed by atoms with van der Waals surface area (Å²) in [6, 6.07) is 1.95. The van der Waals surface area contributed by atoms with E-state index >= 15 is 0 Å². The van der Waals surface area contributed by atoms with E-state index in [4.69, 9.17) is 5.26 Å². The molecule has 0 heterocycles. The number of rotatable bonds is 5. The van der Waals surface area contributed by atoms with Crippen LogP contribution in [0.4, 0.5) is 4.39 Å². The second-order valence-corrected chi connectivity index (χ2v) is 2.39. The molecule has 0 aliphatic rings. The van der Waals surface area contributed by atoms with Crippen molar-refractivity contribution in [3.05, 3.63) is 0 Å². The summed E-state index contributed by atoms with van der Waals surface area (Å²) in [7, 11) is 1.16. The van der Waals surface area contributed by atoms with Gasteiger partial charge in [-0.25, -0.2) is 9.18 Å². The molecule has 0 saturated carbocycles. The number of carbonyl (C=O) groups is 1. The van der Waals surface area contributed by atoms with E-state index in [-0.39, 0.29) is 6.42 Å². The third-order valence-corrected chi connectivity index (χ3v) is 1.45. The van der Waals surface area contributed by atoms with E-state index < -0.39 is 12.1 Å². The summed E-state index contributed by atoms with van der Waals surface area (Å²) in [5.74, 6) is -0.827. The van der Waals surface area contributed by atoms with E-state index in [0.717, 1.165) is 7.11 Å². The molecule has 4 heteroatoms. The van der Waals surface area contributed by atoms with Crippen LogP contribution in [-0.2, 0) is 9.53 Å². The van der Waals surface area contributed by atoms with Crippen LogP contribution in [0.2, 0.25) is 0 Å². The maximum absolute atomic E-state index is 12.7. The smallest absolute Gasteiger partial charge is 0.340 e. The van der Waals surface area contributed by atoms with Gasteiger partial charge in [0.05, 0.1) is 13.2 Å². The molecule has 0 N–H and O–H groups in total. The molecule has 0 aromatic carbocycles. The van der Waals surface area contributed by atoms with Crippen molar-refractivity contribution in [1.29, 1.82) is 5.26 Å². The molecule has 1 unspecified atom stereocenters. The first kappa shape index (κ1) is 10.9. The molecule has 0 bridgehead atoms. The number of nitrogens with zero attached hydrogens (tertiary/aromatic N) is 1. The number of hydrogen-bond donors (Lipinski definition) is 0. The summed E-state index contributed by atoms with van der Waals surface area (Å²) in [5.41, 5.74) is 0. The first-order chi connectivity index (χ1) is 5.72. The number of esters is 1. The summed E-state index contributed by atoms with van der Waals surface area (Å²) in [5, 5.41) is 8.15. The molecule has 12 heavy (non-hydrogen) atoms. The lowest BCUT2D eigenvalue weighted by molar-refractivity contribution is -0.146. The first-order valence-corrected chi connectivity index (χ1v) is 3.81. The maximum atomic E-state index is 12.7. The zero-order valence-electron chi connectivity index (χ0n) is 7.05. The van der Waals surface area contributed by atoms with Crippen molar-refractivity contribution < 1.29 is 13.9 Å². The molecule has 0 radical (unpaired) electrons. The molecule has 0 amide bonds. The standard InChI is InChI=1S/C8H12FNO2/c1-12-8(11)7(9)5-3-2-4-6-10/h7H,2-5H2,1H3. The van der Waals surface area contributed by atoms with Crippen LogP contribution in [0.15, 0.2) is 0 Å². The van der Waals surface area contributed by atoms with Gasteiger partial charge in [0.15, 0.2) is 6.17 Å². The molecule has 0 aliphatic heterocycles. The first-order valence-electron chi connectivity index (χ1n) is 3.81. The molecule has 0 aliphatic carbocycles. The second kappa shape index (κ2) is 6.59. The number of nitriles is 1. The molecule has 0 fully saturated rings. The summed E-state index contributed by atoms with van der Waals surface area (Å²) in [6.45, 7) is 0. The molecule has 0 rings (SSSR count). The Morgan fingerprint density at radius 2 is 2.33 bits per heavy atom. The van der Waals surface area contributed by atoms with E-state index in [1.807, 2.05) is 6.07 Å². The zero-order valence-corrected chi connectivity index (χ0v) is 7.05. The molecular formula is C8H12FNO2. The molecule has 0 spiro atoms. The van der Waals surface area contributed by atoms with Crippen LogP contribution in [0, 0.1) is 11.3 Å². The Morgan fingerprint density at radius 3 is 2.83 bits per heavy atom. The van der Waals surface area contributed by atoms with E-state index in [0.29, 0.717) is 19.3 Å². The van der Waals surface area contributed by atoms with Gasteiger partial charge in [-0.1, -0.05) is 0 Å². The lowest BCUT2D eigenvalue weighted by atomic mass is 10.1. The Kier molecular flexibility index (Phi) is 5.98. The van der Waals surface area contributed by atoms with E-state index in [1.165, 1.54) is 0 Å². The van der Waals surface area contributed by atoms with Crippen molar-refractivity contribution >= 4 is 5.97 Å². The van der Waals surface area contributed by atoms with E-state index in [9.17, 15) is 9.18 Å². The minimum absolute atomic E-state index is 0.147. The Hall–Kier alpha value is -1.11. The van der Waals surface area contributed by atoms with Crippen LogP contribution in [-0.4, -0.2) is 19.3 Å². The molecule has 1 atom stereocenters. The number of halogens is 1. The van der Waals surface area contributed by atoms with Gasteiger partial charge in [-0.05, 0) is 19.3 Å². The monoisotopic (exact) mass is 173 g/mol. The van der Waals surface area contributed by atoms with Crippen LogP contribution < -0.4 is 0 Å². The maximum Gasteiger partial charge on any atom is 0.340 e. The summed E-state index contributed by atoms with van der Waals surface area (Å²) in [4.78, 5) is 10.5. The summed E-state index contributed by atoms with van der Waals surface area (Å²) < 4.78 is 16.9. The number of alkyl halides is 1. The van der Waals surface area contributed by atoms with E-state index in [2.05, 4.69) is 4.74 Å². The minimum Gasteiger partial charge on any atom is -0.467 e. The average molecular weight is 173 g/mol. The van der Waals surface area contributed by atoms with Crippen molar-refractivity contribution in [3.8, 4) is 6.07 Å². The average Bonchev–Trinajstić information content (AvgIpc) is 2.10. The Morgan fingerprint density at radius 1 is 1.67 bits per heavy atom. The topological polar surface area (TPSA) is 50.1 Å². The van der Waals surface area contributed by atoms with Crippen molar-refractivity contribution in [2.24, 2.45) is 0 Å². The van der Waals surface area contributed by atoms with Gasteiger partial charge in [0.1, 0.15) is 0 Å². The molecule has 0 aromatic rings. The number of carbonyl (C=O) groups excluding carboxylic acids is 1. The van der Waals surface area contributed by atoms with Gasteiger partial charge >= 0.3 is 5.97 Å².